The lowest BCUT2D eigenvalue weighted by atomic mass is 9.80. The molecule has 0 bridgehead atoms. The Labute approximate surface area is 169 Å². The summed E-state index contributed by atoms with van der Waals surface area (Å²) in [6.07, 6.45) is 4.40. The molecular weight excluding hydrogens is 350 g/mol. The Morgan fingerprint density at radius 1 is 0.964 bits per heavy atom. The molecule has 2 aliphatic rings. The van der Waals surface area contributed by atoms with E-state index in [-0.39, 0.29) is 17.7 Å². The summed E-state index contributed by atoms with van der Waals surface area (Å²) >= 11 is 0. The molecule has 3 rings (SSSR count). The highest BCUT2D eigenvalue weighted by atomic mass is 16.2. The molecule has 1 aromatic rings. The molecule has 0 unspecified atom stereocenters. The van der Waals surface area contributed by atoms with Crippen molar-refractivity contribution in [3.63, 3.8) is 0 Å². The predicted octanol–water partition coefficient (Wildman–Crippen LogP) is 3.30. The predicted molar refractivity (Wildman–Crippen MR) is 113 cm³/mol. The normalized spacial score (nSPS) is 23.0. The van der Waals surface area contributed by atoms with Gasteiger partial charge in [0.05, 0.1) is 0 Å². The van der Waals surface area contributed by atoms with Crippen LogP contribution in [-0.4, -0.2) is 49.4 Å². The fraction of sp³-hybridized carbons (Fsp3) is 0.652. The molecule has 1 aromatic carbocycles. The molecule has 0 atom stereocenters. The fourth-order valence-electron chi connectivity index (χ4n) is 4.31. The van der Waals surface area contributed by atoms with Crippen molar-refractivity contribution in [1.29, 1.82) is 0 Å². The Hall–Kier alpha value is -2.04. The summed E-state index contributed by atoms with van der Waals surface area (Å²) in [4.78, 5) is 29.6. The molecule has 1 aliphatic heterocycles. The third-order valence-corrected chi connectivity index (χ3v) is 6.18. The number of nitrogens with zero attached hydrogens (tertiary/aromatic N) is 2. The molecule has 1 saturated heterocycles. The van der Waals surface area contributed by atoms with Crippen LogP contribution in [0.1, 0.15) is 46.0 Å². The molecule has 1 heterocycles. The Morgan fingerprint density at radius 3 is 2.18 bits per heavy atom. The first-order valence-electron chi connectivity index (χ1n) is 10.9. The standard InChI is InChI=1S/C23H35N3O2/c1-18(2)12-13-24-22(27)19-8-10-20(11-9-19)23(28)26-16-14-25(15-17-26)21-6-4-3-5-7-21/h3-7,18-20H,8-17H2,1-2H3,(H,24,27). The van der Waals surface area contributed by atoms with Gasteiger partial charge in [0.25, 0.3) is 0 Å². The van der Waals surface area contributed by atoms with Crippen molar-refractivity contribution in [3.05, 3.63) is 30.3 Å². The number of carbonyl (C=O) groups is 2. The monoisotopic (exact) mass is 385 g/mol. The lowest BCUT2D eigenvalue weighted by Gasteiger charge is -2.38. The van der Waals surface area contributed by atoms with E-state index in [1.54, 1.807) is 0 Å². The van der Waals surface area contributed by atoms with Gasteiger partial charge in [-0.1, -0.05) is 32.0 Å². The highest BCUT2D eigenvalue weighted by molar-refractivity contribution is 5.81. The second-order valence-corrected chi connectivity index (χ2v) is 8.67. The zero-order chi connectivity index (χ0) is 19.9. The zero-order valence-corrected chi connectivity index (χ0v) is 17.4. The lowest BCUT2D eigenvalue weighted by molar-refractivity contribution is -0.138. The zero-order valence-electron chi connectivity index (χ0n) is 17.4. The van der Waals surface area contributed by atoms with Crippen LogP contribution in [0.4, 0.5) is 5.69 Å². The van der Waals surface area contributed by atoms with Gasteiger partial charge < -0.3 is 15.1 Å². The van der Waals surface area contributed by atoms with E-state index >= 15 is 0 Å². The first-order valence-corrected chi connectivity index (χ1v) is 10.9. The van der Waals surface area contributed by atoms with Gasteiger partial charge in [-0.05, 0) is 50.2 Å². The molecule has 0 radical (unpaired) electrons. The molecule has 28 heavy (non-hydrogen) atoms. The fourth-order valence-corrected chi connectivity index (χ4v) is 4.31. The molecule has 5 heteroatoms. The van der Waals surface area contributed by atoms with Crippen molar-refractivity contribution in [2.45, 2.75) is 46.0 Å². The maximum absolute atomic E-state index is 12.9. The number of nitrogens with one attached hydrogen (secondary N) is 1. The highest BCUT2D eigenvalue weighted by Crippen LogP contribution is 2.30. The average molecular weight is 386 g/mol. The molecule has 2 fully saturated rings. The van der Waals surface area contributed by atoms with Gasteiger partial charge in [0.2, 0.25) is 11.8 Å². The summed E-state index contributed by atoms with van der Waals surface area (Å²) in [6, 6.07) is 10.4. The summed E-state index contributed by atoms with van der Waals surface area (Å²) in [5.41, 5.74) is 1.23. The third-order valence-electron chi connectivity index (χ3n) is 6.18. The lowest BCUT2D eigenvalue weighted by Crippen LogP contribution is -2.51. The van der Waals surface area contributed by atoms with Crippen LogP contribution in [0.15, 0.2) is 30.3 Å². The number of para-hydroxylation sites is 1. The van der Waals surface area contributed by atoms with Crippen LogP contribution in [0.25, 0.3) is 0 Å². The summed E-state index contributed by atoms with van der Waals surface area (Å²) < 4.78 is 0. The van der Waals surface area contributed by atoms with Gasteiger partial charge in [0, 0.05) is 50.2 Å². The van der Waals surface area contributed by atoms with Crippen LogP contribution in [0, 0.1) is 17.8 Å². The van der Waals surface area contributed by atoms with E-state index in [1.807, 2.05) is 11.0 Å². The van der Waals surface area contributed by atoms with Crippen molar-refractivity contribution in [2.75, 3.05) is 37.6 Å². The van der Waals surface area contributed by atoms with Gasteiger partial charge in [-0.2, -0.15) is 0 Å². The summed E-state index contributed by atoms with van der Waals surface area (Å²) in [5.74, 6) is 1.28. The quantitative estimate of drug-likeness (QED) is 0.817. The van der Waals surface area contributed by atoms with Gasteiger partial charge in [0.1, 0.15) is 0 Å². The van der Waals surface area contributed by atoms with E-state index in [0.717, 1.165) is 64.8 Å². The maximum Gasteiger partial charge on any atom is 0.225 e. The highest BCUT2D eigenvalue weighted by Gasteiger charge is 2.33. The van der Waals surface area contributed by atoms with E-state index < -0.39 is 0 Å². The minimum Gasteiger partial charge on any atom is -0.368 e. The summed E-state index contributed by atoms with van der Waals surface area (Å²) in [7, 11) is 0. The van der Waals surface area contributed by atoms with Gasteiger partial charge >= 0.3 is 0 Å². The van der Waals surface area contributed by atoms with Crippen molar-refractivity contribution in [2.24, 2.45) is 17.8 Å². The first kappa shape index (κ1) is 20.7. The largest absolute Gasteiger partial charge is 0.368 e. The molecule has 0 aromatic heterocycles. The number of hydrogen-bond acceptors (Lipinski definition) is 3. The minimum absolute atomic E-state index is 0.0890. The molecule has 5 nitrogen and oxygen atoms in total. The van der Waals surface area contributed by atoms with Gasteiger partial charge in [0.15, 0.2) is 0 Å². The van der Waals surface area contributed by atoms with E-state index in [1.165, 1.54) is 5.69 Å². The molecule has 1 saturated carbocycles. The van der Waals surface area contributed by atoms with Crippen LogP contribution in [0.5, 0.6) is 0 Å². The SMILES string of the molecule is CC(C)CCNC(=O)C1CCC(C(=O)N2CCN(c3ccccc3)CC2)CC1. The number of rotatable bonds is 6. The topological polar surface area (TPSA) is 52.7 Å². The molecule has 154 valence electrons. The van der Waals surface area contributed by atoms with Crippen molar-refractivity contribution >= 4 is 17.5 Å². The Kier molecular flexibility index (Phi) is 7.35. The second-order valence-electron chi connectivity index (χ2n) is 8.67. The van der Waals surface area contributed by atoms with Gasteiger partial charge in [-0.3, -0.25) is 9.59 Å². The average Bonchev–Trinajstić information content (AvgIpc) is 2.74. The number of hydrogen-bond donors (Lipinski definition) is 1. The maximum atomic E-state index is 12.9. The second kappa shape index (κ2) is 9.94. The van der Waals surface area contributed by atoms with Crippen LogP contribution in [0.3, 0.4) is 0 Å². The number of piperazine rings is 1. The molecular formula is C23H35N3O2. The molecule has 2 amide bonds. The molecule has 1 aliphatic carbocycles. The van der Waals surface area contributed by atoms with Crippen LogP contribution in [-0.2, 0) is 9.59 Å². The third kappa shape index (κ3) is 5.49. The van der Waals surface area contributed by atoms with Crippen molar-refractivity contribution in [3.8, 4) is 0 Å². The number of amides is 2. The Balaban J connectivity index is 1.40. The molecule has 0 spiro atoms. The smallest absolute Gasteiger partial charge is 0.225 e. The summed E-state index contributed by atoms with van der Waals surface area (Å²) in [5, 5.41) is 3.07. The minimum atomic E-state index is 0.0890. The van der Waals surface area contributed by atoms with Crippen molar-refractivity contribution < 1.29 is 9.59 Å². The van der Waals surface area contributed by atoms with E-state index in [9.17, 15) is 9.59 Å². The van der Waals surface area contributed by atoms with Crippen LogP contribution >= 0.6 is 0 Å². The van der Waals surface area contributed by atoms with E-state index in [0.29, 0.717) is 11.8 Å². The number of benzene rings is 1. The van der Waals surface area contributed by atoms with E-state index in [2.05, 4.69) is 48.3 Å². The molecule has 1 N–H and O–H groups in total. The van der Waals surface area contributed by atoms with Crippen LogP contribution in [0.2, 0.25) is 0 Å². The van der Waals surface area contributed by atoms with Crippen LogP contribution < -0.4 is 10.2 Å². The van der Waals surface area contributed by atoms with Crippen molar-refractivity contribution in [1.82, 2.24) is 10.2 Å². The Bertz CT molecular complexity index is 631. The number of anilines is 1. The Morgan fingerprint density at radius 2 is 1.57 bits per heavy atom. The first-order chi connectivity index (χ1) is 13.5. The summed E-state index contributed by atoms with van der Waals surface area (Å²) in [6.45, 7) is 8.48. The van der Waals surface area contributed by atoms with Gasteiger partial charge in [-0.25, -0.2) is 0 Å². The van der Waals surface area contributed by atoms with Gasteiger partial charge in [-0.15, -0.1) is 0 Å². The van der Waals surface area contributed by atoms with E-state index in [4.69, 9.17) is 0 Å². The number of carbonyl (C=O) groups excluding carboxylic acids is 2.